The Hall–Kier alpha value is -6.84. The number of nitrogens with one attached hydrogen (secondary N) is 10. The van der Waals surface area contributed by atoms with Crippen molar-refractivity contribution in [3.05, 3.63) is 0 Å². The number of aliphatic hydroxyl groups excluding tert-OH is 7. The van der Waals surface area contributed by atoms with Crippen molar-refractivity contribution >= 4 is 70.9 Å². The second kappa shape index (κ2) is 35.6. The van der Waals surface area contributed by atoms with Crippen molar-refractivity contribution in [3.63, 3.8) is 0 Å². The SMILES string of the molecule is CC(=O)NC1C(OC2C(CO)OC(O)C(NC(C)=O)C2OC(C)C(=O)NC(C)C(=O)NC(CCC(=O)NC(CCCCNC(=O)C(CO)NC(=O)C(C)NC(=O)C(NC(=O)C(C)N)C(C)O)C(=O)NC(C)C(=O)O)C(N)=O)OC(CO)C(O)C1O. The van der Waals surface area contributed by atoms with E-state index in [1.165, 1.54) is 34.6 Å². The molecule has 0 aromatic heterocycles. The van der Waals surface area contributed by atoms with Crippen molar-refractivity contribution in [2.75, 3.05) is 26.4 Å². The average molecular weight is 1230 g/mol. The number of hydrogen-bond donors (Lipinski definition) is 20. The maximum atomic E-state index is 13.6. The Balaban J connectivity index is 2.12. The molecule has 0 bridgehead atoms. The van der Waals surface area contributed by atoms with Gasteiger partial charge in [-0.1, -0.05) is 0 Å². The van der Waals surface area contributed by atoms with Gasteiger partial charge in [-0.05, 0) is 67.2 Å². The molecule has 0 saturated carbocycles. The van der Waals surface area contributed by atoms with Gasteiger partial charge in [-0.25, -0.2) is 0 Å². The van der Waals surface area contributed by atoms with Crippen molar-refractivity contribution in [2.24, 2.45) is 11.5 Å². The normalized spacial score (nSPS) is 25.6. The number of rotatable bonds is 34. The topological polar surface area (TPSA) is 576 Å². The van der Waals surface area contributed by atoms with Gasteiger partial charge in [0.2, 0.25) is 65.0 Å². The summed E-state index contributed by atoms with van der Waals surface area (Å²) in [5.74, 6) is -11.4. The summed E-state index contributed by atoms with van der Waals surface area (Å²) in [4.78, 5) is 152. The van der Waals surface area contributed by atoms with Gasteiger partial charge in [0.05, 0.1) is 32.0 Å². The summed E-state index contributed by atoms with van der Waals surface area (Å²) < 4.78 is 23.2. The second-order valence-electron chi connectivity index (χ2n) is 20.4. The Labute approximate surface area is 487 Å². The molecule has 2 heterocycles. The fraction of sp³-hybridized carbons (Fsp3) is 0.755. The quantitative estimate of drug-likeness (QED) is 0.0266. The van der Waals surface area contributed by atoms with Gasteiger partial charge in [-0.3, -0.25) is 57.5 Å². The molecule has 36 nitrogen and oxygen atoms in total. The summed E-state index contributed by atoms with van der Waals surface area (Å²) in [5.41, 5.74) is 11.0. The minimum absolute atomic E-state index is 0.0826. The van der Waals surface area contributed by atoms with E-state index in [1.807, 2.05) is 0 Å². The lowest BCUT2D eigenvalue weighted by atomic mass is 9.94. The van der Waals surface area contributed by atoms with E-state index >= 15 is 0 Å². The molecule has 20 unspecified atom stereocenters. The molecule has 2 aliphatic rings. The van der Waals surface area contributed by atoms with Crippen LogP contribution in [0, 0.1) is 0 Å². The van der Waals surface area contributed by atoms with E-state index in [4.69, 9.17) is 30.4 Å². The molecule has 22 N–H and O–H groups in total. The smallest absolute Gasteiger partial charge is 0.325 e. The number of carboxylic acids is 1. The predicted molar refractivity (Wildman–Crippen MR) is 286 cm³/mol. The van der Waals surface area contributed by atoms with Crippen LogP contribution in [0.2, 0.25) is 0 Å². The summed E-state index contributed by atoms with van der Waals surface area (Å²) in [6.45, 7) is 6.68. The molecular formula is C49H84N12O24. The van der Waals surface area contributed by atoms with E-state index in [2.05, 4.69) is 53.2 Å². The number of amides is 11. The summed E-state index contributed by atoms with van der Waals surface area (Å²) in [6.07, 6.45) is -17.5. The van der Waals surface area contributed by atoms with Gasteiger partial charge in [0.15, 0.2) is 12.6 Å². The van der Waals surface area contributed by atoms with Gasteiger partial charge >= 0.3 is 5.97 Å². The molecule has 2 fully saturated rings. The van der Waals surface area contributed by atoms with E-state index in [-0.39, 0.29) is 25.8 Å². The minimum atomic E-state index is -1.92. The first kappa shape index (κ1) is 74.3. The van der Waals surface area contributed by atoms with Crippen LogP contribution in [0.1, 0.15) is 87.5 Å². The lowest BCUT2D eigenvalue weighted by Gasteiger charge is -2.48. The second-order valence-corrected chi connectivity index (χ2v) is 20.4. The van der Waals surface area contributed by atoms with Gasteiger partial charge < -0.3 is 124 Å². The van der Waals surface area contributed by atoms with Crippen molar-refractivity contribution in [3.8, 4) is 0 Å². The van der Waals surface area contributed by atoms with Crippen LogP contribution in [-0.4, -0.2) is 260 Å². The predicted octanol–water partition coefficient (Wildman–Crippen LogP) is -10.9. The third kappa shape index (κ3) is 23.5. The molecule has 2 aliphatic heterocycles. The van der Waals surface area contributed by atoms with Crippen LogP contribution in [0.25, 0.3) is 0 Å². The van der Waals surface area contributed by atoms with Crippen LogP contribution in [0.5, 0.6) is 0 Å². The van der Waals surface area contributed by atoms with Crippen molar-refractivity contribution in [1.29, 1.82) is 0 Å². The maximum Gasteiger partial charge on any atom is 0.325 e. The molecule has 0 aliphatic carbocycles. The van der Waals surface area contributed by atoms with Gasteiger partial charge in [0.25, 0.3) is 0 Å². The number of ether oxygens (including phenoxy) is 4. The Morgan fingerprint density at radius 2 is 1.13 bits per heavy atom. The summed E-state index contributed by atoms with van der Waals surface area (Å²) in [6, 6.07) is -14.3. The number of primary amides is 1. The van der Waals surface area contributed by atoms with Crippen molar-refractivity contribution in [2.45, 2.75) is 209 Å². The molecule has 36 heteroatoms. The third-order valence-corrected chi connectivity index (χ3v) is 13.2. The van der Waals surface area contributed by atoms with Crippen LogP contribution in [0.4, 0.5) is 0 Å². The number of carboxylic acid groups (broad SMARTS) is 1. The number of carbonyl (C=O) groups is 12. The molecule has 2 saturated heterocycles. The fourth-order valence-corrected chi connectivity index (χ4v) is 8.34. The van der Waals surface area contributed by atoms with Crippen LogP contribution < -0.4 is 64.6 Å². The van der Waals surface area contributed by atoms with E-state index < -0.39 is 225 Å². The zero-order valence-corrected chi connectivity index (χ0v) is 48.2. The molecular weight excluding hydrogens is 1140 g/mol. The van der Waals surface area contributed by atoms with E-state index in [0.29, 0.717) is 0 Å². The standard InChI is InChI=1S/C49H84N12O24/c1-18(50)40(72)61-32(22(5)65)46(78)54-20(3)42(74)60-28(15-62)44(76)52-14-10-9-11-27(45(77)55-21(4)47(79)80)58-31(68)13-12-26(39(51)71)59-41(73)19(2)53-43(75)23(6)82-38-34(57-25(8)67)48(81)83-30(17-64)37(38)85-49-33(56-24(7)66)36(70)35(69)29(16-63)84-49/h18-23,26-30,32-38,48-49,62-65,69-70,81H,9-17,50H2,1-8H3,(H2,51,71)(H,52,76)(H,53,75)(H,54,78)(H,55,77)(H,56,66)(H,57,67)(H,58,68)(H,59,73)(H,60,74)(H,61,72)(H,79,80). The van der Waals surface area contributed by atoms with Crippen molar-refractivity contribution < 1.29 is 117 Å². The van der Waals surface area contributed by atoms with Gasteiger partial charge in [0.1, 0.15) is 97.1 Å². The van der Waals surface area contributed by atoms with E-state index in [1.54, 1.807) is 0 Å². The number of nitrogens with two attached hydrogens (primary N) is 2. The zero-order chi connectivity index (χ0) is 64.7. The highest BCUT2D eigenvalue weighted by Gasteiger charge is 2.53. The monoisotopic (exact) mass is 1220 g/mol. The highest BCUT2D eigenvalue weighted by molar-refractivity contribution is 5.95. The molecule has 85 heavy (non-hydrogen) atoms. The van der Waals surface area contributed by atoms with Crippen LogP contribution in [0.3, 0.4) is 0 Å². The summed E-state index contributed by atoms with van der Waals surface area (Å²) in [5, 5.41) is 105. The number of carbonyl (C=O) groups excluding carboxylic acids is 11. The van der Waals surface area contributed by atoms with Gasteiger partial charge in [-0.15, -0.1) is 0 Å². The first-order valence-corrected chi connectivity index (χ1v) is 27.1. The summed E-state index contributed by atoms with van der Waals surface area (Å²) in [7, 11) is 0. The van der Waals surface area contributed by atoms with Gasteiger partial charge in [0, 0.05) is 26.8 Å². The first-order chi connectivity index (χ1) is 39.7. The number of aliphatic hydroxyl groups is 7. The largest absolute Gasteiger partial charge is 0.480 e. The van der Waals surface area contributed by atoms with E-state index in [9.17, 15) is 98.4 Å². The highest BCUT2D eigenvalue weighted by Crippen LogP contribution is 2.31. The van der Waals surface area contributed by atoms with Crippen LogP contribution >= 0.6 is 0 Å². The first-order valence-electron chi connectivity index (χ1n) is 27.1. The van der Waals surface area contributed by atoms with Crippen LogP contribution in [-0.2, 0) is 76.5 Å². The number of unbranched alkanes of at least 4 members (excludes halogenated alkanes) is 1. The Kier molecular flexibility index (Phi) is 31.1. The number of hydrogen-bond acceptors (Lipinski definition) is 24. The molecule has 0 aromatic carbocycles. The average Bonchev–Trinajstić information content (AvgIpc) is 3.06. The molecule has 0 radical (unpaired) electrons. The number of aliphatic carboxylic acids is 1. The minimum Gasteiger partial charge on any atom is -0.480 e. The van der Waals surface area contributed by atoms with Gasteiger partial charge in [-0.2, -0.15) is 0 Å². The maximum absolute atomic E-state index is 13.6. The molecule has 0 aromatic rings. The van der Waals surface area contributed by atoms with Crippen molar-refractivity contribution in [1.82, 2.24) is 53.2 Å². The lowest BCUT2D eigenvalue weighted by molar-refractivity contribution is -0.333. The lowest BCUT2D eigenvalue weighted by Crippen LogP contribution is -2.70. The molecule has 484 valence electrons. The molecule has 11 amide bonds. The zero-order valence-electron chi connectivity index (χ0n) is 48.2. The Bertz CT molecular complexity index is 2320. The summed E-state index contributed by atoms with van der Waals surface area (Å²) >= 11 is 0. The molecule has 20 atom stereocenters. The van der Waals surface area contributed by atoms with Crippen LogP contribution in [0.15, 0.2) is 0 Å². The fourth-order valence-electron chi connectivity index (χ4n) is 8.34. The Morgan fingerprint density at radius 3 is 1.65 bits per heavy atom. The highest BCUT2D eigenvalue weighted by atomic mass is 16.7. The Morgan fingerprint density at radius 1 is 0.576 bits per heavy atom. The third-order valence-electron chi connectivity index (χ3n) is 13.2. The van der Waals surface area contributed by atoms with E-state index in [0.717, 1.165) is 20.8 Å². The molecule has 0 spiro atoms. The molecule has 2 rings (SSSR count).